The molecule has 0 bridgehead atoms. The van der Waals surface area contributed by atoms with Crippen LogP contribution < -0.4 is 5.73 Å². The lowest BCUT2D eigenvalue weighted by molar-refractivity contribution is -0.142. The molecular weight excluding hydrogens is 230 g/mol. The van der Waals surface area contributed by atoms with E-state index in [4.69, 9.17) is 5.73 Å². The minimum atomic E-state index is -0.754. The first kappa shape index (κ1) is 14.5. The lowest BCUT2D eigenvalue weighted by Crippen LogP contribution is -2.33. The maximum absolute atomic E-state index is 11.3. The summed E-state index contributed by atoms with van der Waals surface area (Å²) in [5.41, 5.74) is 7.06. The monoisotopic (exact) mass is 251 g/mol. The molecule has 0 saturated carbocycles. The Labute approximate surface area is 108 Å². The van der Waals surface area contributed by atoms with Gasteiger partial charge >= 0.3 is 5.97 Å². The molecule has 0 aliphatic heterocycles. The smallest absolute Gasteiger partial charge is 0.322 e. The fourth-order valence-corrected chi connectivity index (χ4v) is 1.83. The number of aromatic hydroxyl groups is 1. The topological polar surface area (TPSA) is 72.5 Å². The van der Waals surface area contributed by atoms with Gasteiger partial charge in [-0.15, -0.1) is 0 Å². The zero-order valence-corrected chi connectivity index (χ0v) is 11.4. The number of hydrogen-bond acceptors (Lipinski definition) is 4. The van der Waals surface area contributed by atoms with Gasteiger partial charge in [-0.25, -0.2) is 0 Å². The van der Waals surface area contributed by atoms with Crippen LogP contribution in [-0.4, -0.2) is 24.2 Å². The minimum absolute atomic E-state index is 0.157. The van der Waals surface area contributed by atoms with Crippen molar-refractivity contribution in [1.82, 2.24) is 0 Å². The van der Waals surface area contributed by atoms with E-state index in [-0.39, 0.29) is 17.6 Å². The van der Waals surface area contributed by atoms with Gasteiger partial charge in [-0.05, 0) is 16.5 Å². The van der Waals surface area contributed by atoms with Gasteiger partial charge in [0.1, 0.15) is 11.8 Å². The third-order valence-electron chi connectivity index (χ3n) is 2.87. The zero-order valence-electron chi connectivity index (χ0n) is 11.4. The predicted molar refractivity (Wildman–Crippen MR) is 70.5 cm³/mol. The molecule has 1 unspecified atom stereocenters. The first-order chi connectivity index (χ1) is 8.27. The number of methoxy groups -OCH3 is 1. The molecule has 3 N–H and O–H groups in total. The van der Waals surface area contributed by atoms with Gasteiger partial charge in [-0.3, -0.25) is 4.79 Å². The summed E-state index contributed by atoms with van der Waals surface area (Å²) >= 11 is 0. The highest BCUT2D eigenvalue weighted by molar-refractivity contribution is 5.75. The Kier molecular flexibility index (Phi) is 4.35. The van der Waals surface area contributed by atoms with Crippen LogP contribution in [0.4, 0.5) is 0 Å². The van der Waals surface area contributed by atoms with Crippen molar-refractivity contribution in [2.24, 2.45) is 5.73 Å². The maximum Gasteiger partial charge on any atom is 0.322 e. The number of esters is 1. The zero-order chi connectivity index (χ0) is 13.9. The molecule has 0 aromatic heterocycles. The van der Waals surface area contributed by atoms with Crippen molar-refractivity contribution >= 4 is 5.97 Å². The average molecular weight is 251 g/mol. The molecule has 0 amide bonds. The van der Waals surface area contributed by atoms with E-state index in [0.717, 1.165) is 5.56 Å². The molecule has 100 valence electrons. The standard InChI is InChI=1S/C14H21NO3/c1-14(2,3)10-7-5-6-9(12(10)16)8-11(15)13(17)18-4/h5-7,11,16H,8,15H2,1-4H3. The fraction of sp³-hybridized carbons (Fsp3) is 0.500. The van der Waals surface area contributed by atoms with Crippen LogP contribution in [0.25, 0.3) is 0 Å². The minimum Gasteiger partial charge on any atom is -0.507 e. The van der Waals surface area contributed by atoms with Gasteiger partial charge in [-0.2, -0.15) is 0 Å². The summed E-state index contributed by atoms with van der Waals surface area (Å²) in [7, 11) is 1.30. The Morgan fingerprint density at radius 1 is 1.44 bits per heavy atom. The van der Waals surface area contributed by atoms with Crippen molar-refractivity contribution in [3.8, 4) is 5.75 Å². The number of hydrogen-bond donors (Lipinski definition) is 2. The number of rotatable bonds is 3. The number of nitrogens with two attached hydrogens (primary N) is 1. The number of phenols is 1. The normalized spacial score (nSPS) is 13.2. The highest BCUT2D eigenvalue weighted by Crippen LogP contribution is 2.33. The fourth-order valence-electron chi connectivity index (χ4n) is 1.83. The van der Waals surface area contributed by atoms with Crippen LogP contribution in [0.15, 0.2) is 18.2 Å². The van der Waals surface area contributed by atoms with Crippen LogP contribution in [0.5, 0.6) is 5.75 Å². The van der Waals surface area contributed by atoms with E-state index in [1.165, 1.54) is 7.11 Å². The largest absolute Gasteiger partial charge is 0.507 e. The molecule has 0 fully saturated rings. The number of para-hydroxylation sites is 1. The number of carbonyl (C=O) groups is 1. The van der Waals surface area contributed by atoms with Crippen molar-refractivity contribution in [3.63, 3.8) is 0 Å². The van der Waals surface area contributed by atoms with Gasteiger partial charge < -0.3 is 15.6 Å². The summed E-state index contributed by atoms with van der Waals surface area (Å²) in [5, 5.41) is 10.2. The van der Waals surface area contributed by atoms with Gasteiger partial charge in [0.25, 0.3) is 0 Å². The molecule has 0 heterocycles. The van der Waals surface area contributed by atoms with Crippen molar-refractivity contribution < 1.29 is 14.6 Å². The Morgan fingerprint density at radius 2 is 2.06 bits per heavy atom. The van der Waals surface area contributed by atoms with E-state index in [0.29, 0.717) is 5.56 Å². The quantitative estimate of drug-likeness (QED) is 0.802. The van der Waals surface area contributed by atoms with Crippen LogP contribution in [0, 0.1) is 0 Å². The Bertz CT molecular complexity index is 435. The van der Waals surface area contributed by atoms with Crippen molar-refractivity contribution in [3.05, 3.63) is 29.3 Å². The van der Waals surface area contributed by atoms with Crippen LogP contribution in [0.3, 0.4) is 0 Å². The molecule has 0 aliphatic carbocycles. The van der Waals surface area contributed by atoms with Gasteiger partial charge in [0, 0.05) is 6.42 Å². The number of carbonyl (C=O) groups excluding carboxylic acids is 1. The number of ether oxygens (including phenoxy) is 1. The second-order valence-corrected chi connectivity index (χ2v) is 5.40. The summed E-state index contributed by atoms with van der Waals surface area (Å²) in [6, 6.07) is 4.76. The highest BCUT2D eigenvalue weighted by Gasteiger charge is 2.22. The number of phenolic OH excluding ortho intramolecular Hbond substituents is 1. The average Bonchev–Trinajstić information content (AvgIpc) is 2.29. The Morgan fingerprint density at radius 3 is 2.56 bits per heavy atom. The van der Waals surface area contributed by atoms with Crippen molar-refractivity contribution in [1.29, 1.82) is 0 Å². The van der Waals surface area contributed by atoms with Gasteiger partial charge in [0.05, 0.1) is 7.11 Å². The summed E-state index contributed by atoms with van der Waals surface area (Å²) in [6.07, 6.45) is 0.266. The molecule has 4 heteroatoms. The molecule has 4 nitrogen and oxygen atoms in total. The Balaban J connectivity index is 3.02. The lowest BCUT2D eigenvalue weighted by Gasteiger charge is -2.22. The molecule has 1 aromatic rings. The molecule has 0 spiro atoms. The van der Waals surface area contributed by atoms with Crippen LogP contribution >= 0.6 is 0 Å². The third kappa shape index (κ3) is 3.23. The van der Waals surface area contributed by atoms with E-state index in [9.17, 15) is 9.90 Å². The van der Waals surface area contributed by atoms with Gasteiger partial charge in [0.15, 0.2) is 0 Å². The summed E-state index contributed by atoms with van der Waals surface area (Å²) in [5.74, 6) is -0.264. The highest BCUT2D eigenvalue weighted by atomic mass is 16.5. The van der Waals surface area contributed by atoms with E-state index in [2.05, 4.69) is 4.74 Å². The SMILES string of the molecule is COC(=O)C(N)Cc1cccc(C(C)(C)C)c1O. The molecule has 0 saturated heterocycles. The molecule has 1 rings (SSSR count). The third-order valence-corrected chi connectivity index (χ3v) is 2.87. The summed E-state index contributed by atoms with van der Waals surface area (Å²) in [4.78, 5) is 11.3. The Hall–Kier alpha value is -1.55. The van der Waals surface area contributed by atoms with E-state index in [1.807, 2.05) is 32.9 Å². The summed E-state index contributed by atoms with van der Waals surface area (Å²) < 4.78 is 4.58. The first-order valence-electron chi connectivity index (χ1n) is 5.92. The van der Waals surface area contributed by atoms with Gasteiger partial charge in [0.2, 0.25) is 0 Å². The lowest BCUT2D eigenvalue weighted by atomic mass is 9.84. The molecular formula is C14H21NO3. The summed E-state index contributed by atoms with van der Waals surface area (Å²) in [6.45, 7) is 6.06. The molecule has 1 aromatic carbocycles. The van der Waals surface area contributed by atoms with E-state index in [1.54, 1.807) is 6.07 Å². The van der Waals surface area contributed by atoms with E-state index >= 15 is 0 Å². The predicted octanol–water partition coefficient (Wildman–Crippen LogP) is 1.73. The van der Waals surface area contributed by atoms with Gasteiger partial charge in [-0.1, -0.05) is 39.0 Å². The number of benzene rings is 1. The molecule has 18 heavy (non-hydrogen) atoms. The molecule has 0 radical (unpaired) electrons. The second-order valence-electron chi connectivity index (χ2n) is 5.40. The first-order valence-corrected chi connectivity index (χ1v) is 5.92. The maximum atomic E-state index is 11.3. The molecule has 0 aliphatic rings. The van der Waals surface area contributed by atoms with Crippen molar-refractivity contribution in [2.75, 3.05) is 7.11 Å². The van der Waals surface area contributed by atoms with Crippen molar-refractivity contribution in [2.45, 2.75) is 38.6 Å². The van der Waals surface area contributed by atoms with Crippen LogP contribution in [0.1, 0.15) is 31.9 Å². The van der Waals surface area contributed by atoms with Crippen LogP contribution in [-0.2, 0) is 21.4 Å². The van der Waals surface area contributed by atoms with Crippen LogP contribution in [0.2, 0.25) is 0 Å². The molecule has 1 atom stereocenters. The second kappa shape index (κ2) is 5.40. The van der Waals surface area contributed by atoms with E-state index < -0.39 is 12.0 Å².